The van der Waals surface area contributed by atoms with Crippen LogP contribution in [0.4, 0.5) is 5.69 Å². The molecule has 0 aliphatic rings. The topological polar surface area (TPSA) is 111 Å². The molecule has 0 saturated carbocycles. The minimum Gasteiger partial charge on any atom is -0.497 e. The molecule has 7 nitrogen and oxygen atoms in total. The van der Waals surface area contributed by atoms with Gasteiger partial charge in [-0.15, -0.1) is 0 Å². The number of rotatable bonds is 4. The van der Waals surface area contributed by atoms with E-state index in [1.165, 1.54) is 6.20 Å². The van der Waals surface area contributed by atoms with Crippen LogP contribution in [0.15, 0.2) is 45.9 Å². The smallest absolute Gasteiger partial charge is 0.254 e. The number of aryl methyl sites for hydroxylation is 1. The Morgan fingerprint density at radius 1 is 1.36 bits per heavy atom. The fraction of sp³-hybridized carbons (Fsp3) is 0.167. The fourth-order valence-corrected chi connectivity index (χ4v) is 2.45. The van der Waals surface area contributed by atoms with E-state index in [1.54, 1.807) is 44.4 Å². The normalized spacial score (nSPS) is 11.7. The number of nitrogens with two attached hydrogens (primary N) is 1. The second-order valence-corrected chi connectivity index (χ2v) is 5.41. The maximum Gasteiger partial charge on any atom is 0.254 e. The highest BCUT2D eigenvalue weighted by molar-refractivity contribution is 5.96. The van der Waals surface area contributed by atoms with Gasteiger partial charge in [0.1, 0.15) is 11.3 Å². The quantitative estimate of drug-likeness (QED) is 0.755. The molecule has 7 heteroatoms. The van der Waals surface area contributed by atoms with Crippen molar-refractivity contribution >= 4 is 22.6 Å². The molecule has 0 aliphatic heterocycles. The Morgan fingerprint density at radius 2 is 2.08 bits per heavy atom. The number of aromatic nitrogens is 1. The number of carbonyl (C=O) groups is 1. The van der Waals surface area contributed by atoms with Crippen LogP contribution >= 0.6 is 0 Å². The SMILES string of the molecule is COc1ccc(N=c2oc3c(C)ncc(CO)c3cc2C(N)=O)cc1. The molecule has 0 fully saturated rings. The molecule has 2 heterocycles. The third kappa shape index (κ3) is 3.22. The summed E-state index contributed by atoms with van der Waals surface area (Å²) in [6.07, 6.45) is 1.54. The standard InChI is InChI=1S/C18H17N3O4/c1-10-16-14(11(9-22)8-20-10)7-15(17(19)23)18(25-16)21-12-3-5-13(24-2)6-4-12/h3-8,22H,9H2,1-2H3,(H2,19,23). The molecule has 0 saturated heterocycles. The number of amides is 1. The summed E-state index contributed by atoms with van der Waals surface area (Å²) in [6, 6.07) is 8.54. The molecule has 0 radical (unpaired) electrons. The summed E-state index contributed by atoms with van der Waals surface area (Å²) in [5, 5.41) is 10.1. The van der Waals surface area contributed by atoms with Crippen molar-refractivity contribution in [1.29, 1.82) is 0 Å². The Labute approximate surface area is 143 Å². The molecular formula is C18H17N3O4. The van der Waals surface area contributed by atoms with E-state index in [4.69, 9.17) is 14.9 Å². The Hall–Kier alpha value is -3.19. The molecule has 3 rings (SSSR count). The molecule has 2 aromatic heterocycles. The number of benzene rings is 1. The van der Waals surface area contributed by atoms with Crippen molar-refractivity contribution in [1.82, 2.24) is 4.98 Å². The monoisotopic (exact) mass is 339 g/mol. The third-order valence-electron chi connectivity index (χ3n) is 3.79. The van der Waals surface area contributed by atoms with Gasteiger partial charge in [-0.1, -0.05) is 0 Å². The summed E-state index contributed by atoms with van der Waals surface area (Å²) in [4.78, 5) is 20.4. The van der Waals surface area contributed by atoms with E-state index in [0.29, 0.717) is 33.7 Å². The molecule has 3 N–H and O–H groups in total. The number of pyridine rings is 1. The predicted molar refractivity (Wildman–Crippen MR) is 91.4 cm³/mol. The molecule has 3 aromatic rings. The number of hydrogen-bond acceptors (Lipinski definition) is 6. The zero-order chi connectivity index (χ0) is 18.0. The van der Waals surface area contributed by atoms with Crippen molar-refractivity contribution in [3.63, 3.8) is 0 Å². The number of aliphatic hydroxyl groups is 1. The highest BCUT2D eigenvalue weighted by Gasteiger charge is 2.14. The van der Waals surface area contributed by atoms with Crippen LogP contribution in [0.25, 0.3) is 11.0 Å². The minimum atomic E-state index is -0.670. The second-order valence-electron chi connectivity index (χ2n) is 5.41. The van der Waals surface area contributed by atoms with Crippen molar-refractivity contribution in [2.45, 2.75) is 13.5 Å². The van der Waals surface area contributed by atoms with Crippen molar-refractivity contribution in [2.75, 3.05) is 7.11 Å². The number of primary amides is 1. The first kappa shape index (κ1) is 16.7. The number of nitrogens with zero attached hydrogens (tertiary/aromatic N) is 2. The van der Waals surface area contributed by atoms with Gasteiger partial charge < -0.3 is 20.0 Å². The van der Waals surface area contributed by atoms with Gasteiger partial charge in [-0.25, -0.2) is 4.99 Å². The van der Waals surface area contributed by atoms with Gasteiger partial charge in [0, 0.05) is 17.1 Å². The summed E-state index contributed by atoms with van der Waals surface area (Å²) >= 11 is 0. The van der Waals surface area contributed by atoms with Crippen LogP contribution in [-0.2, 0) is 6.61 Å². The lowest BCUT2D eigenvalue weighted by Gasteiger charge is -2.07. The molecule has 0 spiro atoms. The highest BCUT2D eigenvalue weighted by Crippen LogP contribution is 2.22. The van der Waals surface area contributed by atoms with Crippen LogP contribution in [0, 0.1) is 6.92 Å². The molecule has 0 aliphatic carbocycles. The number of methoxy groups -OCH3 is 1. The van der Waals surface area contributed by atoms with Gasteiger partial charge in [0.2, 0.25) is 5.55 Å². The molecule has 1 amide bonds. The van der Waals surface area contributed by atoms with Crippen LogP contribution in [0.2, 0.25) is 0 Å². The minimum absolute atomic E-state index is 0.0881. The Morgan fingerprint density at radius 3 is 2.68 bits per heavy atom. The summed E-state index contributed by atoms with van der Waals surface area (Å²) in [5.74, 6) is 0.0217. The number of aliphatic hydroxyl groups excluding tert-OH is 1. The molecule has 0 atom stereocenters. The fourth-order valence-electron chi connectivity index (χ4n) is 2.45. The number of carbonyl (C=O) groups excluding carboxylic acids is 1. The van der Waals surface area contributed by atoms with Crippen LogP contribution in [0.3, 0.4) is 0 Å². The maximum atomic E-state index is 11.8. The Bertz CT molecular complexity index is 1010. The third-order valence-corrected chi connectivity index (χ3v) is 3.79. The lowest BCUT2D eigenvalue weighted by molar-refractivity contribution is 0.0996. The Balaban J connectivity index is 2.28. The van der Waals surface area contributed by atoms with Crippen LogP contribution < -0.4 is 16.0 Å². The predicted octanol–water partition coefficient (Wildman–Crippen LogP) is 1.97. The first-order chi connectivity index (χ1) is 12.0. The van der Waals surface area contributed by atoms with Gasteiger partial charge in [0.25, 0.3) is 5.91 Å². The zero-order valence-electron chi connectivity index (χ0n) is 13.8. The molecule has 1 aromatic carbocycles. The first-order valence-electron chi connectivity index (χ1n) is 7.55. The molecule has 25 heavy (non-hydrogen) atoms. The van der Waals surface area contributed by atoms with Crippen molar-refractivity contribution in [3.8, 4) is 5.75 Å². The lowest BCUT2D eigenvalue weighted by Crippen LogP contribution is -2.22. The summed E-state index contributed by atoms with van der Waals surface area (Å²) in [7, 11) is 1.57. The largest absolute Gasteiger partial charge is 0.497 e. The van der Waals surface area contributed by atoms with Gasteiger partial charge in [0.15, 0.2) is 5.58 Å². The molecule has 0 bridgehead atoms. The van der Waals surface area contributed by atoms with Crippen LogP contribution in [-0.4, -0.2) is 23.1 Å². The average molecular weight is 339 g/mol. The molecular weight excluding hydrogens is 322 g/mol. The van der Waals surface area contributed by atoms with Gasteiger partial charge >= 0.3 is 0 Å². The van der Waals surface area contributed by atoms with Gasteiger partial charge in [-0.2, -0.15) is 0 Å². The number of fused-ring (bicyclic) bond motifs is 1. The van der Waals surface area contributed by atoms with E-state index in [-0.39, 0.29) is 17.7 Å². The number of hydrogen-bond donors (Lipinski definition) is 2. The van der Waals surface area contributed by atoms with E-state index < -0.39 is 5.91 Å². The van der Waals surface area contributed by atoms with Gasteiger partial charge in [-0.05, 0) is 37.3 Å². The van der Waals surface area contributed by atoms with E-state index in [2.05, 4.69) is 9.98 Å². The first-order valence-corrected chi connectivity index (χ1v) is 7.55. The van der Waals surface area contributed by atoms with Crippen molar-refractivity contribution in [3.05, 3.63) is 58.9 Å². The maximum absolute atomic E-state index is 11.8. The van der Waals surface area contributed by atoms with Crippen molar-refractivity contribution in [2.24, 2.45) is 10.7 Å². The van der Waals surface area contributed by atoms with Gasteiger partial charge in [-0.3, -0.25) is 9.78 Å². The Kier molecular flexibility index (Phi) is 4.49. The second kappa shape index (κ2) is 6.74. The van der Waals surface area contributed by atoms with Crippen molar-refractivity contribution < 1.29 is 19.1 Å². The van der Waals surface area contributed by atoms with E-state index in [0.717, 1.165) is 0 Å². The zero-order valence-corrected chi connectivity index (χ0v) is 13.8. The van der Waals surface area contributed by atoms with E-state index >= 15 is 0 Å². The average Bonchev–Trinajstić information content (AvgIpc) is 2.62. The van der Waals surface area contributed by atoms with Crippen LogP contribution in [0.5, 0.6) is 5.75 Å². The molecule has 128 valence electrons. The summed E-state index contributed by atoms with van der Waals surface area (Å²) in [5.41, 5.74) is 7.88. The lowest BCUT2D eigenvalue weighted by atomic mass is 10.1. The highest BCUT2D eigenvalue weighted by atomic mass is 16.5. The van der Waals surface area contributed by atoms with E-state index in [1.807, 2.05) is 0 Å². The summed E-state index contributed by atoms with van der Waals surface area (Å²) in [6.45, 7) is 1.54. The number of ether oxygens (including phenoxy) is 1. The van der Waals surface area contributed by atoms with E-state index in [9.17, 15) is 9.90 Å². The van der Waals surface area contributed by atoms with Crippen LogP contribution in [0.1, 0.15) is 21.6 Å². The summed E-state index contributed by atoms with van der Waals surface area (Å²) < 4.78 is 10.9. The molecule has 0 unspecified atom stereocenters. The van der Waals surface area contributed by atoms with Gasteiger partial charge in [0.05, 0.1) is 25.1 Å².